The van der Waals surface area contributed by atoms with E-state index in [1.807, 2.05) is 11.5 Å². The number of anilines is 1. The molecule has 6 nitrogen and oxygen atoms in total. The molecule has 24 heavy (non-hydrogen) atoms. The number of carbonyl (C=O) groups is 1. The minimum Gasteiger partial charge on any atom is -0.325 e. The quantitative estimate of drug-likeness (QED) is 0.586. The van der Waals surface area contributed by atoms with Crippen molar-refractivity contribution in [3.63, 3.8) is 0 Å². The van der Waals surface area contributed by atoms with Gasteiger partial charge in [-0.05, 0) is 37.6 Å². The van der Waals surface area contributed by atoms with E-state index in [4.69, 9.17) is 5.26 Å². The Morgan fingerprint density at radius 3 is 2.79 bits per heavy atom. The number of nitriles is 1. The summed E-state index contributed by atoms with van der Waals surface area (Å²) in [7, 11) is 0. The van der Waals surface area contributed by atoms with Crippen molar-refractivity contribution in [1.82, 2.24) is 14.8 Å². The Hall–Kier alpha value is -2.33. The minimum absolute atomic E-state index is 0.104. The van der Waals surface area contributed by atoms with Crippen LogP contribution in [-0.4, -0.2) is 25.9 Å². The summed E-state index contributed by atoms with van der Waals surface area (Å²) in [5, 5.41) is 20.2. The number of carbonyl (C=O) groups excluding carboxylic acids is 1. The molecule has 2 rings (SSSR count). The molecule has 1 atom stereocenters. The number of hydrogen-bond acceptors (Lipinski definition) is 5. The summed E-state index contributed by atoms with van der Waals surface area (Å²) in [6.45, 7) is 4.87. The van der Waals surface area contributed by atoms with Crippen LogP contribution in [0.1, 0.15) is 38.7 Å². The first-order chi connectivity index (χ1) is 11.6. The lowest BCUT2D eigenvalue weighted by atomic mass is 10.2. The highest BCUT2D eigenvalue weighted by molar-refractivity contribution is 8.00. The Kier molecular flexibility index (Phi) is 6.82. The molecule has 1 aromatic carbocycles. The largest absolute Gasteiger partial charge is 0.325 e. The van der Waals surface area contributed by atoms with Gasteiger partial charge in [0.25, 0.3) is 0 Å². The molecular weight excluding hydrogens is 322 g/mol. The fourth-order valence-electron chi connectivity index (χ4n) is 2.10. The van der Waals surface area contributed by atoms with Crippen molar-refractivity contribution in [3.05, 3.63) is 36.2 Å². The summed E-state index contributed by atoms with van der Waals surface area (Å²) in [6.07, 6.45) is 5.11. The van der Waals surface area contributed by atoms with Crippen LogP contribution < -0.4 is 5.32 Å². The van der Waals surface area contributed by atoms with Crippen molar-refractivity contribution < 1.29 is 4.79 Å². The number of thioether (sulfide) groups is 1. The van der Waals surface area contributed by atoms with Gasteiger partial charge < -0.3 is 9.88 Å². The molecule has 0 spiro atoms. The summed E-state index contributed by atoms with van der Waals surface area (Å²) in [5.41, 5.74) is 1.24. The second kappa shape index (κ2) is 9.08. The highest BCUT2D eigenvalue weighted by Gasteiger charge is 2.18. The van der Waals surface area contributed by atoms with Gasteiger partial charge in [0.15, 0.2) is 5.16 Å². The van der Waals surface area contributed by atoms with Crippen molar-refractivity contribution in [1.29, 1.82) is 5.26 Å². The van der Waals surface area contributed by atoms with Crippen LogP contribution in [0.5, 0.6) is 0 Å². The van der Waals surface area contributed by atoms with Gasteiger partial charge in [0.05, 0.1) is 16.9 Å². The molecule has 0 bridgehead atoms. The molecule has 0 unspecified atom stereocenters. The number of aromatic nitrogens is 3. The number of nitrogens with zero attached hydrogens (tertiary/aromatic N) is 4. The Morgan fingerprint density at radius 2 is 2.12 bits per heavy atom. The fourth-order valence-corrected chi connectivity index (χ4v) is 2.96. The summed E-state index contributed by atoms with van der Waals surface area (Å²) in [5.74, 6) is -0.104. The van der Waals surface area contributed by atoms with E-state index in [0.717, 1.165) is 31.0 Å². The Labute approximate surface area is 146 Å². The van der Waals surface area contributed by atoms with Crippen molar-refractivity contribution in [3.8, 4) is 6.07 Å². The van der Waals surface area contributed by atoms with Crippen molar-refractivity contribution >= 4 is 23.4 Å². The smallest absolute Gasteiger partial charge is 0.237 e. The Bertz CT molecular complexity index is 705. The van der Waals surface area contributed by atoms with Crippen molar-refractivity contribution in [2.24, 2.45) is 0 Å². The second-order valence-electron chi connectivity index (χ2n) is 5.45. The normalized spacial score (nSPS) is 11.7. The molecular formula is C17H21N5OS. The Morgan fingerprint density at radius 1 is 1.38 bits per heavy atom. The van der Waals surface area contributed by atoms with E-state index in [9.17, 15) is 4.79 Å². The fraction of sp³-hybridized carbons (Fsp3) is 0.412. The van der Waals surface area contributed by atoms with Gasteiger partial charge in [0.2, 0.25) is 5.91 Å². The topological polar surface area (TPSA) is 83.6 Å². The first-order valence-electron chi connectivity index (χ1n) is 7.99. The third kappa shape index (κ3) is 5.10. The van der Waals surface area contributed by atoms with Crippen LogP contribution in [0.15, 0.2) is 35.7 Å². The Balaban J connectivity index is 1.91. The highest BCUT2D eigenvalue weighted by atomic mass is 32.2. The highest BCUT2D eigenvalue weighted by Crippen LogP contribution is 2.22. The second-order valence-corrected chi connectivity index (χ2v) is 6.76. The number of aryl methyl sites for hydroxylation is 1. The van der Waals surface area contributed by atoms with Gasteiger partial charge in [0.1, 0.15) is 6.33 Å². The number of hydrogen-bond donors (Lipinski definition) is 1. The number of nitrogens with one attached hydrogen (secondary N) is 1. The molecule has 126 valence electrons. The monoisotopic (exact) mass is 343 g/mol. The zero-order valence-electron chi connectivity index (χ0n) is 13.9. The maximum absolute atomic E-state index is 12.3. The lowest BCUT2D eigenvalue weighted by molar-refractivity contribution is -0.115. The molecule has 0 aliphatic carbocycles. The molecule has 0 aliphatic heterocycles. The zero-order chi connectivity index (χ0) is 17.4. The molecule has 0 fully saturated rings. The third-order valence-corrected chi connectivity index (χ3v) is 4.61. The van der Waals surface area contributed by atoms with Crippen LogP contribution in [0.25, 0.3) is 0 Å². The molecule has 0 aliphatic rings. The SMILES string of the molecule is CCCCCn1cnnc1S[C@@H](C)C(=O)Nc1ccc(C#N)cc1. The van der Waals surface area contributed by atoms with E-state index < -0.39 is 0 Å². The first kappa shape index (κ1) is 18.0. The lowest BCUT2D eigenvalue weighted by Gasteiger charge is -2.12. The maximum atomic E-state index is 12.3. The number of rotatable bonds is 8. The molecule has 1 amide bonds. The summed E-state index contributed by atoms with van der Waals surface area (Å²) in [6, 6.07) is 8.86. The van der Waals surface area contributed by atoms with Gasteiger partial charge in [0, 0.05) is 12.2 Å². The van der Waals surface area contributed by atoms with Crippen LogP contribution in [0.4, 0.5) is 5.69 Å². The van der Waals surface area contributed by atoms with Gasteiger partial charge in [-0.15, -0.1) is 10.2 Å². The third-order valence-electron chi connectivity index (χ3n) is 3.52. The molecule has 0 saturated heterocycles. The molecule has 1 heterocycles. The number of benzene rings is 1. The summed E-state index contributed by atoms with van der Waals surface area (Å²) < 4.78 is 1.99. The molecule has 1 N–H and O–H groups in total. The number of unbranched alkanes of at least 4 members (excludes halogenated alkanes) is 2. The maximum Gasteiger partial charge on any atom is 0.237 e. The average Bonchev–Trinajstić information content (AvgIpc) is 3.03. The van der Waals surface area contributed by atoms with Gasteiger partial charge >= 0.3 is 0 Å². The molecule has 2 aromatic rings. The summed E-state index contributed by atoms with van der Waals surface area (Å²) in [4.78, 5) is 12.3. The molecule has 7 heteroatoms. The van der Waals surface area contributed by atoms with E-state index in [-0.39, 0.29) is 11.2 Å². The zero-order valence-corrected chi connectivity index (χ0v) is 14.7. The van der Waals surface area contributed by atoms with Gasteiger partial charge in [-0.1, -0.05) is 31.5 Å². The van der Waals surface area contributed by atoms with Gasteiger partial charge in [-0.25, -0.2) is 0 Å². The predicted molar refractivity (Wildman–Crippen MR) is 94.7 cm³/mol. The molecule has 1 aromatic heterocycles. The molecule has 0 radical (unpaired) electrons. The molecule has 0 saturated carbocycles. The average molecular weight is 343 g/mol. The van der Waals surface area contributed by atoms with Crippen molar-refractivity contribution in [2.45, 2.75) is 50.1 Å². The van der Waals surface area contributed by atoms with Crippen LogP contribution in [0, 0.1) is 11.3 Å². The van der Waals surface area contributed by atoms with E-state index in [2.05, 4.69) is 28.5 Å². The summed E-state index contributed by atoms with van der Waals surface area (Å²) >= 11 is 1.39. The standard InChI is InChI=1S/C17H21N5OS/c1-3-4-5-10-22-12-19-21-17(22)24-13(2)16(23)20-15-8-6-14(11-18)7-9-15/h6-9,12-13H,3-5,10H2,1-2H3,(H,20,23)/t13-/m0/s1. The predicted octanol–water partition coefficient (Wildman–Crippen LogP) is 3.46. The van der Waals surface area contributed by atoms with Crippen LogP contribution >= 0.6 is 11.8 Å². The van der Waals surface area contributed by atoms with Crippen LogP contribution in [0.3, 0.4) is 0 Å². The van der Waals surface area contributed by atoms with Crippen LogP contribution in [0.2, 0.25) is 0 Å². The van der Waals surface area contributed by atoms with Gasteiger partial charge in [-0.3, -0.25) is 4.79 Å². The number of amides is 1. The van der Waals surface area contributed by atoms with E-state index in [1.165, 1.54) is 11.8 Å². The van der Waals surface area contributed by atoms with E-state index in [0.29, 0.717) is 11.3 Å². The first-order valence-corrected chi connectivity index (χ1v) is 8.87. The van der Waals surface area contributed by atoms with Crippen molar-refractivity contribution in [2.75, 3.05) is 5.32 Å². The van der Waals surface area contributed by atoms with Gasteiger partial charge in [-0.2, -0.15) is 5.26 Å². The van der Waals surface area contributed by atoms with E-state index in [1.54, 1.807) is 30.6 Å². The lowest BCUT2D eigenvalue weighted by Crippen LogP contribution is -2.22. The minimum atomic E-state index is -0.297. The van der Waals surface area contributed by atoms with E-state index >= 15 is 0 Å². The van der Waals surface area contributed by atoms with Crippen LogP contribution in [-0.2, 0) is 11.3 Å².